The van der Waals surface area contributed by atoms with Gasteiger partial charge in [-0.1, -0.05) is 26.0 Å². The highest BCUT2D eigenvalue weighted by atomic mass is 15.3. The molecule has 0 aromatic heterocycles. The number of piperazine rings is 1. The van der Waals surface area contributed by atoms with Crippen LogP contribution in [0, 0.1) is 0 Å². The minimum Gasteiger partial charge on any atom is -0.369 e. The lowest BCUT2D eigenvalue weighted by atomic mass is 10.0. The van der Waals surface area contributed by atoms with Crippen molar-refractivity contribution < 1.29 is 0 Å². The normalized spacial score (nSPS) is 18.9. The summed E-state index contributed by atoms with van der Waals surface area (Å²) in [6.07, 6.45) is 0. The lowest BCUT2D eigenvalue weighted by Crippen LogP contribution is -2.51. The van der Waals surface area contributed by atoms with Gasteiger partial charge in [-0.05, 0) is 30.5 Å². The lowest BCUT2D eigenvalue weighted by molar-refractivity contribution is 0.201. The van der Waals surface area contributed by atoms with E-state index in [4.69, 9.17) is 5.73 Å². The molecule has 2 rings (SSSR count). The fourth-order valence-electron chi connectivity index (χ4n) is 2.64. The average Bonchev–Trinajstić information content (AvgIpc) is 2.46. The SMILES string of the molecule is CC(C)c1ccc(N2CCN(C(C)CN)CC2)cc1. The van der Waals surface area contributed by atoms with Gasteiger partial charge in [0.2, 0.25) is 0 Å². The first-order valence-corrected chi connectivity index (χ1v) is 7.41. The molecule has 0 saturated carbocycles. The van der Waals surface area contributed by atoms with E-state index < -0.39 is 0 Å². The second-order valence-corrected chi connectivity index (χ2v) is 5.85. The zero-order chi connectivity index (χ0) is 13.8. The average molecular weight is 261 g/mol. The molecule has 106 valence electrons. The highest BCUT2D eigenvalue weighted by molar-refractivity contribution is 5.48. The van der Waals surface area contributed by atoms with Gasteiger partial charge in [-0.15, -0.1) is 0 Å². The molecule has 3 nitrogen and oxygen atoms in total. The van der Waals surface area contributed by atoms with Crippen LogP contribution in [0.15, 0.2) is 24.3 Å². The van der Waals surface area contributed by atoms with Crippen LogP contribution in [-0.2, 0) is 0 Å². The molecule has 1 saturated heterocycles. The van der Waals surface area contributed by atoms with Crippen LogP contribution in [0.2, 0.25) is 0 Å². The minimum absolute atomic E-state index is 0.505. The molecule has 1 aromatic carbocycles. The van der Waals surface area contributed by atoms with Crippen LogP contribution >= 0.6 is 0 Å². The van der Waals surface area contributed by atoms with Crippen LogP contribution in [0.3, 0.4) is 0 Å². The summed E-state index contributed by atoms with van der Waals surface area (Å²) in [6.45, 7) is 11.9. The van der Waals surface area contributed by atoms with Crippen molar-refractivity contribution >= 4 is 5.69 Å². The Hall–Kier alpha value is -1.06. The molecule has 1 heterocycles. The van der Waals surface area contributed by atoms with Crippen molar-refractivity contribution in [3.8, 4) is 0 Å². The fraction of sp³-hybridized carbons (Fsp3) is 0.625. The monoisotopic (exact) mass is 261 g/mol. The van der Waals surface area contributed by atoms with Crippen LogP contribution < -0.4 is 10.6 Å². The van der Waals surface area contributed by atoms with Crippen molar-refractivity contribution in [2.45, 2.75) is 32.7 Å². The van der Waals surface area contributed by atoms with E-state index in [-0.39, 0.29) is 0 Å². The Bertz CT molecular complexity index is 377. The van der Waals surface area contributed by atoms with Crippen LogP contribution in [0.1, 0.15) is 32.3 Å². The quantitative estimate of drug-likeness (QED) is 0.902. The maximum Gasteiger partial charge on any atom is 0.0367 e. The van der Waals surface area contributed by atoms with Crippen molar-refractivity contribution in [3.05, 3.63) is 29.8 Å². The van der Waals surface area contributed by atoms with Gasteiger partial charge in [0.05, 0.1) is 0 Å². The Balaban J connectivity index is 1.94. The van der Waals surface area contributed by atoms with E-state index in [0.717, 1.165) is 32.7 Å². The molecule has 1 fully saturated rings. The number of hydrogen-bond donors (Lipinski definition) is 1. The first-order chi connectivity index (χ1) is 9.11. The molecule has 1 aromatic rings. The van der Waals surface area contributed by atoms with Crippen molar-refractivity contribution in [2.24, 2.45) is 5.73 Å². The van der Waals surface area contributed by atoms with Gasteiger partial charge in [0.25, 0.3) is 0 Å². The van der Waals surface area contributed by atoms with Gasteiger partial charge in [-0.2, -0.15) is 0 Å². The summed E-state index contributed by atoms with van der Waals surface area (Å²) in [5, 5.41) is 0. The highest BCUT2D eigenvalue weighted by Crippen LogP contribution is 2.21. The predicted molar refractivity (Wildman–Crippen MR) is 82.8 cm³/mol. The van der Waals surface area contributed by atoms with Gasteiger partial charge in [-0.3, -0.25) is 4.90 Å². The summed E-state index contributed by atoms with van der Waals surface area (Å²) < 4.78 is 0. The van der Waals surface area contributed by atoms with Gasteiger partial charge in [-0.25, -0.2) is 0 Å². The molecule has 0 radical (unpaired) electrons. The summed E-state index contributed by atoms with van der Waals surface area (Å²) in [7, 11) is 0. The number of benzene rings is 1. The Morgan fingerprint density at radius 1 is 1.00 bits per heavy atom. The molecular formula is C16H27N3. The van der Waals surface area contributed by atoms with Crippen molar-refractivity contribution in [2.75, 3.05) is 37.6 Å². The molecule has 1 atom stereocenters. The lowest BCUT2D eigenvalue weighted by Gasteiger charge is -2.38. The third kappa shape index (κ3) is 3.48. The minimum atomic E-state index is 0.505. The van der Waals surface area contributed by atoms with Crippen molar-refractivity contribution in [3.63, 3.8) is 0 Å². The Morgan fingerprint density at radius 2 is 1.58 bits per heavy atom. The third-order valence-corrected chi connectivity index (χ3v) is 4.20. The first-order valence-electron chi connectivity index (χ1n) is 7.41. The van der Waals surface area contributed by atoms with Gasteiger partial charge in [0, 0.05) is 44.5 Å². The van der Waals surface area contributed by atoms with E-state index in [1.54, 1.807) is 0 Å². The second kappa shape index (κ2) is 6.40. The van der Waals surface area contributed by atoms with E-state index in [9.17, 15) is 0 Å². The highest BCUT2D eigenvalue weighted by Gasteiger charge is 2.20. The molecule has 1 aliphatic rings. The van der Waals surface area contributed by atoms with E-state index in [0.29, 0.717) is 12.0 Å². The van der Waals surface area contributed by atoms with Crippen molar-refractivity contribution in [1.82, 2.24) is 4.90 Å². The standard InChI is InChI=1S/C16H27N3/c1-13(2)15-4-6-16(7-5-15)19-10-8-18(9-11-19)14(3)12-17/h4-7,13-14H,8-12,17H2,1-3H3. The van der Waals surface area contributed by atoms with Crippen LogP contribution in [0.5, 0.6) is 0 Å². The summed E-state index contributed by atoms with van der Waals surface area (Å²) in [5.74, 6) is 0.608. The van der Waals surface area contributed by atoms with Gasteiger partial charge in [0.1, 0.15) is 0 Å². The van der Waals surface area contributed by atoms with Gasteiger partial charge < -0.3 is 10.6 Å². The fourth-order valence-corrected chi connectivity index (χ4v) is 2.64. The summed E-state index contributed by atoms with van der Waals surface area (Å²) >= 11 is 0. The number of nitrogens with zero attached hydrogens (tertiary/aromatic N) is 2. The molecule has 1 aliphatic heterocycles. The zero-order valence-electron chi connectivity index (χ0n) is 12.5. The van der Waals surface area contributed by atoms with E-state index >= 15 is 0 Å². The smallest absolute Gasteiger partial charge is 0.0367 e. The number of nitrogens with two attached hydrogens (primary N) is 1. The third-order valence-electron chi connectivity index (χ3n) is 4.20. The summed E-state index contributed by atoms with van der Waals surface area (Å²) in [4.78, 5) is 4.96. The molecule has 0 amide bonds. The summed E-state index contributed by atoms with van der Waals surface area (Å²) in [6, 6.07) is 9.55. The maximum absolute atomic E-state index is 5.74. The maximum atomic E-state index is 5.74. The van der Waals surface area contributed by atoms with Gasteiger partial charge >= 0.3 is 0 Å². The van der Waals surface area contributed by atoms with E-state index in [2.05, 4.69) is 54.8 Å². The van der Waals surface area contributed by atoms with Crippen LogP contribution in [-0.4, -0.2) is 43.7 Å². The largest absolute Gasteiger partial charge is 0.369 e. The zero-order valence-corrected chi connectivity index (χ0v) is 12.5. The van der Waals surface area contributed by atoms with Crippen LogP contribution in [0.25, 0.3) is 0 Å². The molecule has 19 heavy (non-hydrogen) atoms. The van der Waals surface area contributed by atoms with Gasteiger partial charge in [0.15, 0.2) is 0 Å². The van der Waals surface area contributed by atoms with Crippen molar-refractivity contribution in [1.29, 1.82) is 0 Å². The molecular weight excluding hydrogens is 234 g/mol. The van der Waals surface area contributed by atoms with E-state index in [1.807, 2.05) is 0 Å². The first kappa shape index (κ1) is 14.4. The Labute approximate surface area is 117 Å². The number of rotatable bonds is 4. The molecule has 0 bridgehead atoms. The van der Waals surface area contributed by atoms with E-state index in [1.165, 1.54) is 11.3 Å². The Morgan fingerprint density at radius 3 is 2.05 bits per heavy atom. The van der Waals surface area contributed by atoms with Crippen LogP contribution in [0.4, 0.5) is 5.69 Å². The topological polar surface area (TPSA) is 32.5 Å². The number of hydrogen-bond acceptors (Lipinski definition) is 3. The summed E-state index contributed by atoms with van der Waals surface area (Å²) in [5.41, 5.74) is 8.51. The molecule has 1 unspecified atom stereocenters. The predicted octanol–water partition coefficient (Wildman–Crippen LogP) is 2.28. The molecule has 3 heteroatoms. The second-order valence-electron chi connectivity index (χ2n) is 5.85. The molecule has 0 spiro atoms. The Kier molecular flexibility index (Phi) is 4.83. The molecule has 2 N–H and O–H groups in total. The molecule has 0 aliphatic carbocycles. The number of anilines is 1.